The summed E-state index contributed by atoms with van der Waals surface area (Å²) in [5, 5.41) is 13.6. The highest BCUT2D eigenvalue weighted by molar-refractivity contribution is 5.79. The SMILES string of the molecule is CCc1cccc2c1[C@H](NC)Cc1cccc(O)c1-2. The third-order valence-electron chi connectivity index (χ3n) is 4.10. The van der Waals surface area contributed by atoms with Crippen LogP contribution < -0.4 is 5.32 Å². The molecule has 0 unspecified atom stereocenters. The number of aryl methyl sites for hydroxylation is 1. The van der Waals surface area contributed by atoms with Gasteiger partial charge in [0.1, 0.15) is 5.75 Å². The fourth-order valence-electron chi connectivity index (χ4n) is 3.19. The quantitative estimate of drug-likeness (QED) is 0.859. The molecule has 0 aromatic heterocycles. The molecule has 0 bridgehead atoms. The molecule has 3 rings (SSSR count). The fourth-order valence-corrected chi connectivity index (χ4v) is 3.19. The van der Waals surface area contributed by atoms with E-state index in [1.165, 1.54) is 22.3 Å². The largest absolute Gasteiger partial charge is 0.507 e. The second kappa shape index (κ2) is 4.71. The van der Waals surface area contributed by atoms with Crippen LogP contribution in [0.1, 0.15) is 29.7 Å². The summed E-state index contributed by atoms with van der Waals surface area (Å²) in [5.41, 5.74) is 6.13. The number of fused-ring (bicyclic) bond motifs is 3. The van der Waals surface area contributed by atoms with Crippen molar-refractivity contribution in [2.75, 3.05) is 7.05 Å². The van der Waals surface area contributed by atoms with Crippen LogP contribution in [0.3, 0.4) is 0 Å². The zero-order valence-corrected chi connectivity index (χ0v) is 11.4. The van der Waals surface area contributed by atoms with E-state index in [4.69, 9.17) is 0 Å². The zero-order valence-electron chi connectivity index (χ0n) is 11.4. The second-order valence-corrected chi connectivity index (χ2v) is 5.09. The number of benzene rings is 2. The van der Waals surface area contributed by atoms with Gasteiger partial charge in [0.25, 0.3) is 0 Å². The summed E-state index contributed by atoms with van der Waals surface area (Å²) in [6, 6.07) is 12.6. The van der Waals surface area contributed by atoms with Gasteiger partial charge in [-0.15, -0.1) is 0 Å². The summed E-state index contributed by atoms with van der Waals surface area (Å²) in [6.07, 6.45) is 1.95. The van der Waals surface area contributed by atoms with Crippen LogP contribution in [0.25, 0.3) is 11.1 Å². The van der Waals surface area contributed by atoms with Crippen LogP contribution in [0.4, 0.5) is 0 Å². The van der Waals surface area contributed by atoms with Crippen molar-refractivity contribution in [3.63, 3.8) is 0 Å². The molecule has 2 N–H and O–H groups in total. The molecule has 98 valence electrons. The zero-order chi connectivity index (χ0) is 13.4. The van der Waals surface area contributed by atoms with Gasteiger partial charge in [-0.3, -0.25) is 0 Å². The Kier molecular flexibility index (Phi) is 3.03. The number of nitrogens with one attached hydrogen (secondary N) is 1. The lowest BCUT2D eigenvalue weighted by atomic mass is 9.79. The van der Waals surface area contributed by atoms with Crippen LogP contribution in [0.15, 0.2) is 36.4 Å². The monoisotopic (exact) mass is 253 g/mol. The van der Waals surface area contributed by atoms with Gasteiger partial charge in [0.05, 0.1) is 0 Å². The Bertz CT molecular complexity index is 619. The van der Waals surface area contributed by atoms with Crippen molar-refractivity contribution in [3.05, 3.63) is 53.1 Å². The smallest absolute Gasteiger partial charge is 0.123 e. The maximum atomic E-state index is 10.2. The van der Waals surface area contributed by atoms with E-state index in [9.17, 15) is 5.11 Å². The molecule has 1 aliphatic rings. The predicted octanol–water partition coefficient (Wildman–Crippen LogP) is 3.44. The Morgan fingerprint density at radius 3 is 2.74 bits per heavy atom. The number of hydrogen-bond acceptors (Lipinski definition) is 2. The number of phenols is 1. The van der Waals surface area contributed by atoms with E-state index in [2.05, 4.69) is 36.5 Å². The first-order valence-corrected chi connectivity index (χ1v) is 6.86. The highest BCUT2D eigenvalue weighted by Gasteiger charge is 2.27. The van der Waals surface area contributed by atoms with E-state index in [-0.39, 0.29) is 0 Å². The fraction of sp³-hybridized carbons (Fsp3) is 0.294. The predicted molar refractivity (Wildman–Crippen MR) is 78.4 cm³/mol. The molecule has 0 saturated heterocycles. The first-order valence-electron chi connectivity index (χ1n) is 6.86. The summed E-state index contributed by atoms with van der Waals surface area (Å²) in [6.45, 7) is 2.18. The first-order chi connectivity index (χ1) is 9.26. The van der Waals surface area contributed by atoms with E-state index in [1.54, 1.807) is 6.07 Å². The number of hydrogen-bond donors (Lipinski definition) is 2. The van der Waals surface area contributed by atoms with Gasteiger partial charge in [0, 0.05) is 11.6 Å². The lowest BCUT2D eigenvalue weighted by Crippen LogP contribution is -2.24. The van der Waals surface area contributed by atoms with E-state index in [0.29, 0.717) is 11.8 Å². The Balaban J connectivity index is 2.31. The van der Waals surface area contributed by atoms with Gasteiger partial charge < -0.3 is 10.4 Å². The molecule has 2 aromatic rings. The number of phenolic OH excluding ortho intramolecular Hbond substituents is 1. The van der Waals surface area contributed by atoms with Crippen LogP contribution in [0.5, 0.6) is 5.75 Å². The Morgan fingerprint density at radius 2 is 2.00 bits per heavy atom. The van der Waals surface area contributed by atoms with Crippen molar-refractivity contribution in [1.29, 1.82) is 0 Å². The normalized spacial score (nSPS) is 16.8. The van der Waals surface area contributed by atoms with Gasteiger partial charge in [0.15, 0.2) is 0 Å². The summed E-state index contributed by atoms with van der Waals surface area (Å²) >= 11 is 0. The molecule has 19 heavy (non-hydrogen) atoms. The highest BCUT2D eigenvalue weighted by atomic mass is 16.3. The van der Waals surface area contributed by atoms with E-state index >= 15 is 0 Å². The molecule has 1 aliphatic carbocycles. The molecule has 2 nitrogen and oxygen atoms in total. The summed E-state index contributed by atoms with van der Waals surface area (Å²) in [5.74, 6) is 0.390. The molecule has 0 aliphatic heterocycles. The second-order valence-electron chi connectivity index (χ2n) is 5.09. The van der Waals surface area contributed by atoms with Crippen LogP contribution in [-0.4, -0.2) is 12.2 Å². The highest BCUT2D eigenvalue weighted by Crippen LogP contribution is 2.44. The molecule has 1 atom stereocenters. The molecule has 0 radical (unpaired) electrons. The Hall–Kier alpha value is -1.80. The lowest BCUT2D eigenvalue weighted by molar-refractivity contribution is 0.474. The summed E-state index contributed by atoms with van der Waals surface area (Å²) < 4.78 is 0. The van der Waals surface area contributed by atoms with E-state index in [0.717, 1.165) is 18.4 Å². The average Bonchev–Trinajstić information content (AvgIpc) is 2.45. The molecular weight excluding hydrogens is 234 g/mol. The molecular formula is C17H19NO. The van der Waals surface area contributed by atoms with Crippen molar-refractivity contribution in [2.45, 2.75) is 25.8 Å². The van der Waals surface area contributed by atoms with Gasteiger partial charge in [-0.1, -0.05) is 37.3 Å². The topological polar surface area (TPSA) is 32.3 Å². The average molecular weight is 253 g/mol. The van der Waals surface area contributed by atoms with Crippen LogP contribution >= 0.6 is 0 Å². The minimum atomic E-state index is 0.334. The summed E-state index contributed by atoms with van der Waals surface area (Å²) in [7, 11) is 2.01. The molecule has 0 amide bonds. The molecule has 2 aromatic carbocycles. The van der Waals surface area contributed by atoms with E-state index in [1.807, 2.05) is 13.1 Å². The molecule has 0 saturated carbocycles. The van der Waals surface area contributed by atoms with Gasteiger partial charge in [0.2, 0.25) is 0 Å². The van der Waals surface area contributed by atoms with Crippen LogP contribution in [-0.2, 0) is 12.8 Å². The molecule has 0 heterocycles. The van der Waals surface area contributed by atoms with Crippen molar-refractivity contribution in [1.82, 2.24) is 5.32 Å². The van der Waals surface area contributed by atoms with Crippen LogP contribution in [0.2, 0.25) is 0 Å². The molecule has 2 heteroatoms. The van der Waals surface area contributed by atoms with Crippen molar-refractivity contribution in [3.8, 4) is 16.9 Å². The maximum absolute atomic E-state index is 10.2. The van der Waals surface area contributed by atoms with Gasteiger partial charge in [-0.05, 0) is 48.2 Å². The minimum Gasteiger partial charge on any atom is -0.507 e. The van der Waals surface area contributed by atoms with Crippen LogP contribution in [0, 0.1) is 0 Å². The number of rotatable bonds is 2. The third-order valence-corrected chi connectivity index (χ3v) is 4.10. The molecule has 0 spiro atoms. The lowest BCUT2D eigenvalue weighted by Gasteiger charge is -2.30. The summed E-state index contributed by atoms with van der Waals surface area (Å²) in [4.78, 5) is 0. The van der Waals surface area contributed by atoms with Crippen molar-refractivity contribution in [2.24, 2.45) is 0 Å². The third kappa shape index (κ3) is 1.83. The minimum absolute atomic E-state index is 0.334. The van der Waals surface area contributed by atoms with Gasteiger partial charge >= 0.3 is 0 Å². The molecule has 0 fully saturated rings. The Labute approximate surface area is 114 Å². The van der Waals surface area contributed by atoms with Gasteiger partial charge in [-0.2, -0.15) is 0 Å². The first kappa shape index (κ1) is 12.2. The maximum Gasteiger partial charge on any atom is 0.123 e. The van der Waals surface area contributed by atoms with Gasteiger partial charge in [-0.25, -0.2) is 0 Å². The van der Waals surface area contributed by atoms with Crippen molar-refractivity contribution >= 4 is 0 Å². The van der Waals surface area contributed by atoms with E-state index < -0.39 is 0 Å². The number of aromatic hydroxyl groups is 1. The standard InChI is InChI=1S/C17H19NO/c1-3-11-6-4-8-13-16(11)14(18-2)10-12-7-5-9-15(19)17(12)13/h4-9,14,18-19H,3,10H2,1-2H3/t14-/m1/s1. The van der Waals surface area contributed by atoms with Crippen molar-refractivity contribution < 1.29 is 5.11 Å². The number of likely N-dealkylation sites (N-methyl/N-ethyl adjacent to an activating group) is 1. The Morgan fingerprint density at radius 1 is 1.21 bits per heavy atom.